The molecule has 3 aliphatic carbocycles. The summed E-state index contributed by atoms with van der Waals surface area (Å²) in [6.07, 6.45) is 34.4. The summed E-state index contributed by atoms with van der Waals surface area (Å²) in [5.74, 6) is 3.12. The summed E-state index contributed by atoms with van der Waals surface area (Å²) in [7, 11) is -10.7. The minimum absolute atomic E-state index is 0. The van der Waals surface area contributed by atoms with Gasteiger partial charge in [-0.05, 0) is 122 Å². The average molecular weight is 789 g/mol. The van der Waals surface area contributed by atoms with Gasteiger partial charge < -0.3 is 14.5 Å². The Labute approximate surface area is 292 Å². The van der Waals surface area contributed by atoms with Gasteiger partial charge in [-0.15, -0.1) is 0 Å². The molecule has 5 aliphatic rings. The molecule has 0 bridgehead atoms. The van der Waals surface area contributed by atoms with Gasteiger partial charge in [-0.3, -0.25) is 0 Å². The van der Waals surface area contributed by atoms with Gasteiger partial charge in [-0.1, -0.05) is 20.8 Å². The quantitative estimate of drug-likeness (QED) is 0.161. The maximum absolute atomic E-state index is 10.7. The molecule has 45 heavy (non-hydrogen) atoms. The maximum atomic E-state index is 9.87. The van der Waals surface area contributed by atoms with E-state index in [-0.39, 0.29) is 48.0 Å². The summed E-state index contributed by atoms with van der Waals surface area (Å²) < 4.78 is 65.1. The van der Waals surface area contributed by atoms with Crippen LogP contribution in [0.25, 0.3) is 0 Å². The van der Waals surface area contributed by atoms with Crippen LogP contribution >= 0.6 is 7.81 Å². The zero-order chi connectivity index (χ0) is 32.2. The first-order valence-corrected chi connectivity index (χ1v) is 16.3. The van der Waals surface area contributed by atoms with E-state index < -0.39 is 7.81 Å². The van der Waals surface area contributed by atoms with Crippen molar-refractivity contribution in [1.82, 2.24) is 9.80 Å². The smallest absolute Gasteiger partial charge is 0.0496 e. The Hall–Kier alpha value is -0.0371. The molecule has 4 nitrogen and oxygen atoms in total. The first-order chi connectivity index (χ1) is 19.8. The second kappa shape index (κ2) is 19.2. The third-order valence-electron chi connectivity index (χ3n) is 6.22. The van der Waals surface area contributed by atoms with Gasteiger partial charge in [-0.2, -0.15) is 0 Å². The van der Waals surface area contributed by atoms with Crippen molar-refractivity contribution < 1.29 is 66.5 Å². The second-order valence-electron chi connectivity index (χ2n) is 11.6. The van der Waals surface area contributed by atoms with Gasteiger partial charge in [0.05, 0.1) is 12.0 Å². The van der Waals surface area contributed by atoms with E-state index in [2.05, 4.69) is 108 Å². The Morgan fingerprint density at radius 1 is 0.844 bits per heavy atom. The largest absolute Gasteiger partial charge is 2.00 e. The van der Waals surface area contributed by atoms with E-state index in [0.29, 0.717) is 12.6 Å². The van der Waals surface area contributed by atoms with Crippen LogP contribution in [0.15, 0.2) is 17.4 Å². The van der Waals surface area contributed by atoms with Crippen molar-refractivity contribution >= 4 is 13.7 Å². The molecule has 2 heterocycles. The van der Waals surface area contributed by atoms with Crippen LogP contribution in [0.5, 0.6) is 0 Å². The Bertz CT molecular complexity index is 840. The summed E-state index contributed by atoms with van der Waals surface area (Å²) in [5, 5.41) is 0. The van der Waals surface area contributed by atoms with E-state index in [1.807, 2.05) is 32.1 Å². The van der Waals surface area contributed by atoms with Crippen LogP contribution in [-0.4, -0.2) is 40.9 Å². The van der Waals surface area contributed by atoms with E-state index in [9.17, 15) is 25.2 Å². The van der Waals surface area contributed by atoms with Crippen LogP contribution in [0.1, 0.15) is 60.3 Å². The summed E-state index contributed by atoms with van der Waals surface area (Å²) in [4.78, 5) is 8.97. The summed E-state index contributed by atoms with van der Waals surface area (Å²) in [5.41, 5.74) is 0.130. The van der Waals surface area contributed by atoms with Crippen molar-refractivity contribution in [3.63, 3.8) is 0 Å². The number of hydrogen-bond acceptors (Lipinski definition) is 4. The fraction of sp³-hybridized carbons (Fsp3) is 0.438. The first-order valence-electron chi connectivity index (χ1n) is 14.3. The van der Waals surface area contributed by atoms with Crippen molar-refractivity contribution in [2.75, 3.05) is 13.2 Å². The van der Waals surface area contributed by atoms with Crippen molar-refractivity contribution in [1.29, 1.82) is 0 Å². The predicted molar refractivity (Wildman–Crippen MR) is 163 cm³/mol. The summed E-state index contributed by atoms with van der Waals surface area (Å²) >= 11 is 0. The maximum Gasteiger partial charge on any atom is 2.00 e. The van der Waals surface area contributed by atoms with Gasteiger partial charge in [0, 0.05) is 50.4 Å². The minimum atomic E-state index is -10.7. The van der Waals surface area contributed by atoms with E-state index >= 15 is 0 Å². The van der Waals surface area contributed by atoms with Gasteiger partial charge in [0.1, 0.15) is 6.61 Å². The molecular weight excluding hydrogens is 746 g/mol. The van der Waals surface area contributed by atoms with Crippen molar-refractivity contribution in [2.24, 2.45) is 10.4 Å². The molecule has 0 spiro atoms. The van der Waals surface area contributed by atoms with Crippen molar-refractivity contribution in [2.45, 2.75) is 72.4 Å². The monoisotopic (exact) mass is 789 g/mol. The van der Waals surface area contributed by atoms with E-state index in [1.165, 1.54) is 31.6 Å². The van der Waals surface area contributed by atoms with E-state index in [1.54, 1.807) is 0 Å². The number of ether oxygens (including phenoxy) is 1. The minimum Gasteiger partial charge on any atom is -0.0496 e. The zero-order valence-corrected chi connectivity index (χ0v) is 29.8. The van der Waals surface area contributed by atoms with Crippen LogP contribution in [0.2, 0.25) is 0 Å². The molecule has 2 aliphatic heterocycles. The molecular formula is C32H43F6FeN3OPRh+. The molecule has 3 saturated carbocycles. The van der Waals surface area contributed by atoms with Gasteiger partial charge >= 0.3 is 50.1 Å². The van der Waals surface area contributed by atoms with Gasteiger partial charge in [0.25, 0.3) is 0 Å². The molecule has 13 heteroatoms. The molecule has 5 rings (SSSR count). The topological polar surface area (TPSA) is 28.1 Å². The third kappa shape index (κ3) is 22.3. The second-order valence-corrected chi connectivity index (χ2v) is 13.6. The Kier molecular flexibility index (Phi) is 19.2. The van der Waals surface area contributed by atoms with Gasteiger partial charge in [0.15, 0.2) is 5.90 Å². The van der Waals surface area contributed by atoms with Crippen LogP contribution < -0.4 is 0 Å². The Balaban J connectivity index is 0.000000720. The number of halogens is 6. The Morgan fingerprint density at radius 2 is 1.31 bits per heavy atom. The molecule has 0 unspecified atom stereocenters. The number of aliphatic imine (C=N–C) groups is 1. The molecule has 0 aromatic carbocycles. The molecule has 0 aromatic rings. The molecule has 3 fully saturated rings. The van der Waals surface area contributed by atoms with Crippen LogP contribution in [0, 0.1) is 101 Å². The van der Waals surface area contributed by atoms with Crippen molar-refractivity contribution in [3.05, 3.63) is 108 Å². The molecule has 0 aromatic heterocycles. The summed E-state index contributed by atoms with van der Waals surface area (Å²) in [6.45, 7) is 15.7. The number of rotatable bonds is 4. The standard InChI is InChI=1S/C19H26N3O.C8H12.C5H5.F6P.Fe.Rh/c1-14(2)22-10-9-21(13-22)11-15-7-6-8-16(15)18-20-17(12-23-18)19(3,4)5;1-2-4-6-8-7-5-3-1;1-2-4-5-3-1;1-7(2,3,4,5)6;;/h6-10,14,17H,11-12H2,1-5H3;1-2,7-8H,3-6H2;1-5H;;;/q;;;-1;+2;/t17-;;;;;/m1...../s1. The third-order valence-corrected chi connectivity index (χ3v) is 6.22. The van der Waals surface area contributed by atoms with Crippen LogP contribution in [0.3, 0.4) is 0 Å². The zero-order valence-electron chi connectivity index (χ0n) is 26.1. The average Bonchev–Trinajstić information content (AvgIpc) is 3.65. The normalized spacial score (nSPS) is 24.1. The summed E-state index contributed by atoms with van der Waals surface area (Å²) in [6, 6.07) is 0.645. The fourth-order valence-corrected chi connectivity index (χ4v) is 3.87. The molecule has 255 valence electrons. The molecule has 17 radical (unpaired) electrons. The number of nitrogens with zero attached hydrogens (tertiary/aromatic N) is 3. The fourth-order valence-electron chi connectivity index (χ4n) is 3.87. The SMILES string of the molecule is CC(C)N1[C]N(C[C]2[CH][CH][CH][C]2C2=N[C@@H](C(C)(C)C)CO2)C=C1.F[P-](F)(F)(F)(F)F.[CH]1[CH]CC[CH][CH]CC1.[CH]1[CH][CH][CH][CH]1.[Fe+2].[Rh]. The first kappa shape index (κ1) is 45.0. The van der Waals surface area contributed by atoms with Gasteiger partial charge in [-0.25, -0.2) is 4.99 Å². The number of hydrogen-bond donors (Lipinski definition) is 0. The van der Waals surface area contributed by atoms with E-state index in [0.717, 1.165) is 18.4 Å². The van der Waals surface area contributed by atoms with Crippen LogP contribution in [0.4, 0.5) is 25.2 Å². The Morgan fingerprint density at radius 3 is 1.69 bits per heavy atom. The molecule has 0 saturated heterocycles. The molecule has 1 atom stereocenters. The van der Waals surface area contributed by atoms with Gasteiger partial charge in [0.2, 0.25) is 6.67 Å². The molecule has 0 amide bonds. The van der Waals surface area contributed by atoms with E-state index in [4.69, 9.17) is 9.73 Å². The van der Waals surface area contributed by atoms with Crippen molar-refractivity contribution in [3.8, 4) is 0 Å². The van der Waals surface area contributed by atoms with Crippen LogP contribution in [-0.2, 0) is 41.3 Å². The predicted octanol–water partition coefficient (Wildman–Crippen LogP) is 9.88. The molecule has 0 N–H and O–H groups in total.